The van der Waals surface area contributed by atoms with Gasteiger partial charge >= 0.3 is 0 Å². The molecule has 1 N–H and O–H groups in total. The summed E-state index contributed by atoms with van der Waals surface area (Å²) >= 11 is 5.96. The Bertz CT molecular complexity index is 1660. The molecule has 0 bridgehead atoms. The van der Waals surface area contributed by atoms with Gasteiger partial charge in [-0.1, -0.05) is 47.1 Å². The molecule has 1 amide bonds. The largest absolute Gasteiger partial charge is 0.489 e. The molecule has 0 saturated heterocycles. The van der Waals surface area contributed by atoms with Crippen LogP contribution in [-0.2, 0) is 17.9 Å². The summed E-state index contributed by atoms with van der Waals surface area (Å²) < 4.78 is 12.6. The number of carbonyl (C=O) groups excluding carboxylic acids is 1. The van der Waals surface area contributed by atoms with Gasteiger partial charge in [0, 0.05) is 22.0 Å². The smallest absolute Gasteiger partial charge is 0.264 e. The Kier molecular flexibility index (Phi) is 7.56. The zero-order valence-electron chi connectivity index (χ0n) is 21.3. The number of benzene rings is 3. The van der Waals surface area contributed by atoms with Crippen LogP contribution in [0.4, 0.5) is 5.69 Å². The van der Waals surface area contributed by atoms with Crippen LogP contribution >= 0.6 is 11.6 Å². The van der Waals surface area contributed by atoms with E-state index in [0.29, 0.717) is 45.7 Å². The molecule has 0 unspecified atom stereocenters. The van der Waals surface area contributed by atoms with Gasteiger partial charge in [-0.3, -0.25) is 9.59 Å². The number of nitrogens with zero attached hydrogens (tertiary/aromatic N) is 3. The maximum Gasteiger partial charge on any atom is 0.264 e. The fourth-order valence-electron chi connectivity index (χ4n) is 4.14. The van der Waals surface area contributed by atoms with Crippen LogP contribution < -0.4 is 15.6 Å². The first-order valence-corrected chi connectivity index (χ1v) is 12.6. The van der Waals surface area contributed by atoms with Crippen molar-refractivity contribution >= 4 is 23.2 Å². The second kappa shape index (κ2) is 11.4. The van der Waals surface area contributed by atoms with Gasteiger partial charge in [-0.2, -0.15) is 4.98 Å². The number of amides is 1. The SMILES string of the molecule is Cc1cc(C)n(CC(=O)Nc2ccc(OCc3ccccc3)cc2)c(=O)c1-c1nc(-c2ccc(Cl)cc2)no1. The van der Waals surface area contributed by atoms with Crippen LogP contribution in [0.2, 0.25) is 5.02 Å². The molecule has 0 radical (unpaired) electrons. The minimum atomic E-state index is -0.390. The average molecular weight is 541 g/mol. The van der Waals surface area contributed by atoms with Crippen molar-refractivity contribution in [2.75, 3.05) is 5.32 Å². The minimum Gasteiger partial charge on any atom is -0.489 e. The summed E-state index contributed by atoms with van der Waals surface area (Å²) in [5, 5.41) is 7.44. The predicted octanol–water partition coefficient (Wildman–Crippen LogP) is 6.05. The first-order valence-electron chi connectivity index (χ1n) is 12.2. The number of aromatic nitrogens is 3. The molecule has 196 valence electrons. The topological polar surface area (TPSA) is 99.2 Å². The summed E-state index contributed by atoms with van der Waals surface area (Å²) in [5.41, 5.74) is 3.53. The fraction of sp³-hybridized carbons (Fsp3) is 0.133. The summed E-state index contributed by atoms with van der Waals surface area (Å²) in [6.45, 7) is 3.84. The molecule has 3 aromatic carbocycles. The maximum atomic E-state index is 13.4. The first-order chi connectivity index (χ1) is 18.9. The van der Waals surface area contributed by atoms with Crippen molar-refractivity contribution in [3.8, 4) is 28.6 Å². The van der Waals surface area contributed by atoms with E-state index in [9.17, 15) is 9.59 Å². The van der Waals surface area contributed by atoms with E-state index in [2.05, 4.69) is 15.5 Å². The molecule has 0 fully saturated rings. The van der Waals surface area contributed by atoms with Gasteiger partial charge < -0.3 is 19.1 Å². The van der Waals surface area contributed by atoms with Gasteiger partial charge in [0.1, 0.15) is 24.5 Å². The van der Waals surface area contributed by atoms with E-state index in [-0.39, 0.29) is 23.9 Å². The van der Waals surface area contributed by atoms with E-state index in [1.807, 2.05) is 36.4 Å². The molecule has 5 aromatic rings. The van der Waals surface area contributed by atoms with Gasteiger partial charge in [0.15, 0.2) is 0 Å². The lowest BCUT2D eigenvalue weighted by atomic mass is 10.1. The highest BCUT2D eigenvalue weighted by molar-refractivity contribution is 6.30. The number of hydrogen-bond donors (Lipinski definition) is 1. The molecule has 0 saturated carbocycles. The van der Waals surface area contributed by atoms with Crippen LogP contribution in [0.3, 0.4) is 0 Å². The van der Waals surface area contributed by atoms with Gasteiger partial charge in [0.2, 0.25) is 11.7 Å². The summed E-state index contributed by atoms with van der Waals surface area (Å²) in [4.78, 5) is 30.7. The number of nitrogens with one attached hydrogen (secondary N) is 1. The second-order valence-corrected chi connectivity index (χ2v) is 9.45. The number of ether oxygens (including phenoxy) is 1. The Morgan fingerprint density at radius 2 is 1.72 bits per heavy atom. The number of rotatable bonds is 8. The second-order valence-electron chi connectivity index (χ2n) is 9.01. The Morgan fingerprint density at radius 3 is 2.44 bits per heavy atom. The van der Waals surface area contributed by atoms with Crippen molar-refractivity contribution in [3.63, 3.8) is 0 Å². The first kappa shape index (κ1) is 25.9. The predicted molar refractivity (Wildman–Crippen MR) is 150 cm³/mol. The van der Waals surface area contributed by atoms with E-state index in [4.69, 9.17) is 20.9 Å². The Morgan fingerprint density at radius 1 is 1.00 bits per heavy atom. The quantitative estimate of drug-likeness (QED) is 0.257. The monoisotopic (exact) mass is 540 g/mol. The van der Waals surface area contributed by atoms with Gasteiger partial charge in [0.25, 0.3) is 11.4 Å². The zero-order chi connectivity index (χ0) is 27.4. The van der Waals surface area contributed by atoms with Crippen LogP contribution in [0.15, 0.2) is 94.2 Å². The molecule has 5 rings (SSSR count). The third-order valence-corrected chi connectivity index (χ3v) is 6.39. The van der Waals surface area contributed by atoms with Gasteiger partial charge in [-0.15, -0.1) is 0 Å². The lowest BCUT2D eigenvalue weighted by molar-refractivity contribution is -0.116. The molecular formula is C30H25ClN4O4. The maximum absolute atomic E-state index is 13.4. The molecule has 0 spiro atoms. The summed E-state index contributed by atoms with van der Waals surface area (Å²) in [6, 6.07) is 25.7. The highest BCUT2D eigenvalue weighted by atomic mass is 35.5. The van der Waals surface area contributed by atoms with E-state index < -0.39 is 5.56 Å². The van der Waals surface area contributed by atoms with Crippen LogP contribution in [-0.4, -0.2) is 20.6 Å². The standard InChI is InChI=1S/C30H25ClN4O4/c1-19-16-20(2)35(30(37)27(19)29-33-28(34-39-29)22-8-10-23(31)11-9-22)17-26(36)32-24-12-14-25(15-13-24)38-18-21-6-4-3-5-7-21/h3-16H,17-18H2,1-2H3,(H,32,36). The van der Waals surface area contributed by atoms with Crippen LogP contribution in [0.25, 0.3) is 22.8 Å². The third-order valence-electron chi connectivity index (χ3n) is 6.13. The molecule has 0 aliphatic heterocycles. The van der Waals surface area contributed by atoms with Gasteiger partial charge in [-0.05, 0) is 79.6 Å². The number of carbonyl (C=O) groups is 1. The number of hydrogen-bond acceptors (Lipinski definition) is 6. The zero-order valence-corrected chi connectivity index (χ0v) is 22.1. The van der Waals surface area contributed by atoms with Crippen molar-refractivity contribution < 1.29 is 14.1 Å². The van der Waals surface area contributed by atoms with Crippen molar-refractivity contribution in [3.05, 3.63) is 117 Å². The molecule has 0 aliphatic rings. The molecule has 9 heteroatoms. The van der Waals surface area contributed by atoms with Crippen LogP contribution in [0.5, 0.6) is 5.75 Å². The van der Waals surface area contributed by atoms with E-state index in [0.717, 1.165) is 5.56 Å². The van der Waals surface area contributed by atoms with Gasteiger partial charge in [-0.25, -0.2) is 0 Å². The number of anilines is 1. The lowest BCUT2D eigenvalue weighted by Gasteiger charge is -2.13. The number of aryl methyl sites for hydroxylation is 2. The van der Waals surface area contributed by atoms with Crippen LogP contribution in [0.1, 0.15) is 16.8 Å². The van der Waals surface area contributed by atoms with E-state index in [1.165, 1.54) is 4.57 Å². The lowest BCUT2D eigenvalue weighted by Crippen LogP contribution is -2.30. The molecule has 2 heterocycles. The van der Waals surface area contributed by atoms with Gasteiger partial charge in [0.05, 0.1) is 0 Å². The number of halogens is 1. The third kappa shape index (κ3) is 6.08. The molecule has 2 aromatic heterocycles. The molecule has 8 nitrogen and oxygen atoms in total. The van der Waals surface area contributed by atoms with Crippen molar-refractivity contribution in [1.82, 2.24) is 14.7 Å². The molecule has 0 aliphatic carbocycles. The normalized spacial score (nSPS) is 10.8. The Hall–Kier alpha value is -4.69. The highest BCUT2D eigenvalue weighted by Crippen LogP contribution is 2.24. The summed E-state index contributed by atoms with van der Waals surface area (Å²) in [6.07, 6.45) is 0. The minimum absolute atomic E-state index is 0.0858. The van der Waals surface area contributed by atoms with Crippen molar-refractivity contribution in [2.45, 2.75) is 27.0 Å². The average Bonchev–Trinajstić information content (AvgIpc) is 3.41. The summed E-state index contributed by atoms with van der Waals surface area (Å²) in [5.74, 6) is 0.759. The molecule has 0 atom stereocenters. The Balaban J connectivity index is 1.29. The molecular weight excluding hydrogens is 516 g/mol. The number of pyridine rings is 1. The van der Waals surface area contributed by atoms with E-state index in [1.54, 1.807) is 62.4 Å². The molecule has 39 heavy (non-hydrogen) atoms. The highest BCUT2D eigenvalue weighted by Gasteiger charge is 2.20. The van der Waals surface area contributed by atoms with Crippen molar-refractivity contribution in [2.24, 2.45) is 0 Å². The van der Waals surface area contributed by atoms with Crippen LogP contribution in [0, 0.1) is 13.8 Å². The Labute approximate surface area is 229 Å². The fourth-order valence-corrected chi connectivity index (χ4v) is 4.27. The summed E-state index contributed by atoms with van der Waals surface area (Å²) in [7, 11) is 0. The van der Waals surface area contributed by atoms with Crippen molar-refractivity contribution in [1.29, 1.82) is 0 Å². The van der Waals surface area contributed by atoms with E-state index >= 15 is 0 Å².